The summed E-state index contributed by atoms with van der Waals surface area (Å²) in [5.41, 5.74) is 0. The molecule has 0 radical (unpaired) electrons. The Morgan fingerprint density at radius 3 is 1.13 bits per heavy atom. The lowest BCUT2D eigenvalue weighted by atomic mass is 10.2. The second kappa shape index (κ2) is 7.96. The Balaban J connectivity index is 4.74. The van der Waals surface area contributed by atoms with E-state index >= 15 is 0 Å². The first-order chi connectivity index (χ1) is 7.07. The number of rotatable bonds is 8. The molecule has 0 saturated carbocycles. The van der Waals surface area contributed by atoms with Crippen LogP contribution in [0.15, 0.2) is 0 Å². The lowest BCUT2D eigenvalue weighted by Gasteiger charge is -2.39. The second-order valence-electron chi connectivity index (χ2n) is 3.52. The monoisotopic (exact) mass is 302 g/mol. The Bertz CT molecular complexity index is 129. The fraction of sp³-hybridized carbons (Fsp3) is 1.00. The Hall–Kier alpha value is 1.75. The highest BCUT2D eigenvalue weighted by molar-refractivity contribution is 8.73. The summed E-state index contributed by atoms with van der Waals surface area (Å²) in [7, 11) is 3.40. The highest BCUT2D eigenvalue weighted by atomic mass is 33.1. The maximum absolute atomic E-state index is 4.45. The summed E-state index contributed by atoms with van der Waals surface area (Å²) in [4.78, 5) is 0. The molecule has 0 nitrogen and oxygen atoms in total. The van der Waals surface area contributed by atoms with Gasteiger partial charge in [0.05, 0.1) is 8.16 Å². The van der Waals surface area contributed by atoms with Gasteiger partial charge in [-0.05, 0) is 25.7 Å². The second-order valence-corrected chi connectivity index (χ2v) is 8.83. The lowest BCUT2D eigenvalue weighted by Crippen LogP contribution is -2.27. The average Bonchev–Trinajstić information content (AvgIpc) is 2.33. The molecule has 0 rings (SSSR count). The predicted octanol–water partition coefficient (Wildman–Crippen LogP) is 5.91. The van der Waals surface area contributed by atoms with Crippen LogP contribution in [0.1, 0.15) is 53.4 Å². The van der Waals surface area contributed by atoms with Gasteiger partial charge >= 0.3 is 0 Å². The van der Waals surface area contributed by atoms with Crippen molar-refractivity contribution in [3.05, 3.63) is 0 Å². The zero-order valence-electron chi connectivity index (χ0n) is 9.95. The molecule has 0 atom stereocenters. The molecule has 0 aromatic rings. The predicted molar refractivity (Wildman–Crippen MR) is 87.4 cm³/mol. The molecule has 0 unspecified atom stereocenters. The van der Waals surface area contributed by atoms with Crippen LogP contribution in [0, 0.1) is 0 Å². The highest BCUT2D eigenvalue weighted by Crippen LogP contribution is 2.57. The van der Waals surface area contributed by atoms with E-state index < -0.39 is 0 Å². The standard InChI is InChI=1S/C10H22S5/c1-5-9(6-2,14-11)13-10(7-3,8-4)15-12/h11-12H,5-8H2,1-4H3. The normalized spacial score (nSPS) is 13.2. The third kappa shape index (κ3) is 4.49. The van der Waals surface area contributed by atoms with Crippen molar-refractivity contribution in [3.8, 4) is 0 Å². The van der Waals surface area contributed by atoms with Crippen molar-refractivity contribution in [2.75, 3.05) is 0 Å². The molecule has 0 aliphatic carbocycles. The summed E-state index contributed by atoms with van der Waals surface area (Å²) < 4.78 is 0.482. The first-order valence-electron chi connectivity index (χ1n) is 5.42. The zero-order chi connectivity index (χ0) is 11.9. The average molecular weight is 303 g/mol. The maximum atomic E-state index is 4.45. The molecule has 0 aromatic heterocycles. The van der Waals surface area contributed by atoms with E-state index in [1.165, 1.54) is 0 Å². The van der Waals surface area contributed by atoms with Gasteiger partial charge in [0.25, 0.3) is 0 Å². The summed E-state index contributed by atoms with van der Waals surface area (Å²) in [6.45, 7) is 9.00. The summed E-state index contributed by atoms with van der Waals surface area (Å²) in [5.74, 6) is 0. The van der Waals surface area contributed by atoms with Gasteiger partial charge in [-0.15, -0.1) is 35.1 Å². The molecule has 15 heavy (non-hydrogen) atoms. The Morgan fingerprint density at radius 1 is 0.733 bits per heavy atom. The van der Waals surface area contributed by atoms with Crippen molar-refractivity contribution in [1.29, 1.82) is 0 Å². The first kappa shape index (κ1) is 16.8. The van der Waals surface area contributed by atoms with Crippen molar-refractivity contribution in [1.82, 2.24) is 0 Å². The van der Waals surface area contributed by atoms with Gasteiger partial charge in [0.1, 0.15) is 0 Å². The van der Waals surface area contributed by atoms with E-state index in [0.717, 1.165) is 25.7 Å². The van der Waals surface area contributed by atoms with Crippen LogP contribution in [0.3, 0.4) is 0 Å². The molecule has 0 saturated heterocycles. The van der Waals surface area contributed by atoms with Gasteiger partial charge in [0.15, 0.2) is 0 Å². The SMILES string of the molecule is CCC(CC)(SS)SC(CC)(CC)SS. The van der Waals surface area contributed by atoms with E-state index in [0.29, 0.717) is 0 Å². The van der Waals surface area contributed by atoms with E-state index in [4.69, 9.17) is 0 Å². The van der Waals surface area contributed by atoms with Crippen LogP contribution in [0.4, 0.5) is 0 Å². The molecular weight excluding hydrogens is 280 g/mol. The topological polar surface area (TPSA) is 0 Å². The van der Waals surface area contributed by atoms with Crippen LogP contribution in [0.5, 0.6) is 0 Å². The first-order valence-corrected chi connectivity index (χ1v) is 9.98. The summed E-state index contributed by atoms with van der Waals surface area (Å²) in [5, 5.41) is 0. The fourth-order valence-electron chi connectivity index (χ4n) is 1.42. The fourth-order valence-corrected chi connectivity index (χ4v) is 6.83. The summed E-state index contributed by atoms with van der Waals surface area (Å²) in [6, 6.07) is 0. The van der Waals surface area contributed by atoms with Gasteiger partial charge in [-0.2, -0.15) is 0 Å². The van der Waals surface area contributed by atoms with Gasteiger partial charge in [0, 0.05) is 0 Å². The van der Waals surface area contributed by atoms with Crippen LogP contribution in [0.2, 0.25) is 0 Å². The minimum atomic E-state index is 0.241. The van der Waals surface area contributed by atoms with Crippen LogP contribution in [-0.4, -0.2) is 8.16 Å². The molecule has 5 heteroatoms. The minimum absolute atomic E-state index is 0.241. The third-order valence-corrected chi connectivity index (χ3v) is 10.4. The summed E-state index contributed by atoms with van der Waals surface area (Å²) in [6.07, 6.45) is 4.60. The zero-order valence-corrected chi connectivity index (χ0v) is 14.2. The third-order valence-electron chi connectivity index (χ3n) is 2.86. The van der Waals surface area contributed by atoms with Crippen molar-refractivity contribution >= 4 is 56.7 Å². The van der Waals surface area contributed by atoms with Gasteiger partial charge < -0.3 is 0 Å². The number of thiol groups is 2. The van der Waals surface area contributed by atoms with Gasteiger partial charge in [-0.25, -0.2) is 0 Å². The lowest BCUT2D eigenvalue weighted by molar-refractivity contribution is 0.698. The Kier molecular flexibility index (Phi) is 8.89. The molecule has 0 aliphatic heterocycles. The van der Waals surface area contributed by atoms with E-state index in [9.17, 15) is 0 Å². The van der Waals surface area contributed by atoms with Crippen molar-refractivity contribution in [3.63, 3.8) is 0 Å². The quantitative estimate of drug-likeness (QED) is 0.325. The largest absolute Gasteiger partial charge is 0.125 e. The van der Waals surface area contributed by atoms with Crippen molar-refractivity contribution in [2.24, 2.45) is 0 Å². The highest BCUT2D eigenvalue weighted by Gasteiger charge is 2.38. The molecular formula is C10H22S5. The van der Waals surface area contributed by atoms with Crippen molar-refractivity contribution < 1.29 is 0 Å². The van der Waals surface area contributed by atoms with Gasteiger partial charge in [-0.3, -0.25) is 0 Å². The Morgan fingerprint density at radius 2 is 1.00 bits per heavy atom. The van der Waals surface area contributed by atoms with E-state index in [1.54, 1.807) is 21.6 Å². The van der Waals surface area contributed by atoms with E-state index in [-0.39, 0.29) is 8.16 Å². The number of hydrogen-bond acceptors (Lipinski definition) is 5. The van der Waals surface area contributed by atoms with E-state index in [2.05, 4.69) is 62.8 Å². The summed E-state index contributed by atoms with van der Waals surface area (Å²) >= 11 is 11.0. The molecule has 0 amide bonds. The smallest absolute Gasteiger partial charge is 0.0720 e. The molecule has 0 aromatic carbocycles. The van der Waals surface area contributed by atoms with Crippen LogP contribution < -0.4 is 0 Å². The van der Waals surface area contributed by atoms with Gasteiger partial charge in [0.2, 0.25) is 0 Å². The van der Waals surface area contributed by atoms with Crippen LogP contribution in [-0.2, 0) is 0 Å². The molecule has 0 spiro atoms. The molecule has 0 heterocycles. The Labute approximate surface area is 118 Å². The molecule has 0 bridgehead atoms. The molecule has 0 aliphatic rings. The van der Waals surface area contributed by atoms with E-state index in [1.807, 2.05) is 0 Å². The number of thioether (sulfide) groups is 1. The molecule has 92 valence electrons. The van der Waals surface area contributed by atoms with Crippen LogP contribution in [0.25, 0.3) is 0 Å². The molecule has 0 fully saturated rings. The van der Waals surface area contributed by atoms with Gasteiger partial charge in [-0.1, -0.05) is 49.3 Å². The van der Waals surface area contributed by atoms with Crippen LogP contribution >= 0.6 is 56.7 Å². The molecule has 0 N–H and O–H groups in total. The maximum Gasteiger partial charge on any atom is 0.0720 e. The number of hydrogen-bond donors (Lipinski definition) is 2. The minimum Gasteiger partial charge on any atom is -0.125 e. The van der Waals surface area contributed by atoms with Crippen molar-refractivity contribution in [2.45, 2.75) is 61.5 Å².